The Morgan fingerprint density at radius 3 is 1.88 bits per heavy atom. The zero-order valence-corrected chi connectivity index (χ0v) is 16.2. The number of unbranched alkanes of at least 4 members (excludes halogenated alkanes) is 10. The van der Waals surface area contributed by atoms with E-state index in [1.54, 1.807) is 12.8 Å². The first kappa shape index (κ1) is 24.3. The maximum atomic E-state index is 11.4. The van der Waals surface area contributed by atoms with Crippen LogP contribution in [-0.4, -0.2) is 29.4 Å². The van der Waals surface area contributed by atoms with Gasteiger partial charge in [-0.05, 0) is 32.1 Å². The van der Waals surface area contributed by atoms with Gasteiger partial charge in [-0.1, -0.05) is 64.7 Å². The maximum Gasteiger partial charge on any atom is 0.342 e. The molecule has 0 heterocycles. The van der Waals surface area contributed by atoms with Crippen LogP contribution in [-0.2, 0) is 19.8 Å². The van der Waals surface area contributed by atoms with E-state index >= 15 is 0 Å². The Kier molecular flexibility index (Phi) is 15.2. The molecule has 0 fully saturated rings. The molecular weight excluding hydrogens is 344 g/mol. The van der Waals surface area contributed by atoms with Crippen molar-refractivity contribution in [3.05, 3.63) is 12.8 Å². The van der Waals surface area contributed by atoms with Crippen LogP contribution in [0.2, 0.25) is 0 Å². The molecule has 0 spiro atoms. The fourth-order valence-corrected chi connectivity index (χ4v) is 3.40. The Labute approximate surface area is 153 Å². The van der Waals surface area contributed by atoms with Crippen LogP contribution < -0.4 is 0 Å². The van der Waals surface area contributed by atoms with Gasteiger partial charge in [0.15, 0.2) is 0 Å². The van der Waals surface area contributed by atoms with Gasteiger partial charge in [0, 0.05) is 6.42 Å². The van der Waals surface area contributed by atoms with Gasteiger partial charge < -0.3 is 4.89 Å². The Morgan fingerprint density at radius 2 is 1.40 bits per heavy atom. The van der Waals surface area contributed by atoms with E-state index in [9.17, 15) is 17.8 Å². The lowest BCUT2D eigenvalue weighted by atomic mass is 10.0. The van der Waals surface area contributed by atoms with Crippen molar-refractivity contribution >= 4 is 16.1 Å². The van der Waals surface area contributed by atoms with Gasteiger partial charge in [0.1, 0.15) is 0 Å². The highest BCUT2D eigenvalue weighted by Crippen LogP contribution is 2.17. The maximum absolute atomic E-state index is 11.4. The molecular formula is C18H34O6S. The highest BCUT2D eigenvalue weighted by Gasteiger charge is 2.22. The number of hydrogen-bond acceptors (Lipinski definition) is 5. The van der Waals surface area contributed by atoms with Crippen LogP contribution >= 0.6 is 0 Å². The SMILES string of the molecule is CCCCCCCC[CH]C([CH]CCCCCCC(=O)OO)S(=O)(=O)O. The summed E-state index contributed by atoms with van der Waals surface area (Å²) in [5.74, 6) is -0.637. The van der Waals surface area contributed by atoms with Crippen molar-refractivity contribution < 1.29 is 27.9 Å². The predicted octanol–water partition coefficient (Wildman–Crippen LogP) is 4.76. The van der Waals surface area contributed by atoms with Gasteiger partial charge in [-0.25, -0.2) is 4.79 Å². The molecule has 0 bridgehead atoms. The second-order valence-corrected chi connectivity index (χ2v) is 8.00. The van der Waals surface area contributed by atoms with Gasteiger partial charge in [-0.2, -0.15) is 13.7 Å². The molecule has 2 radical (unpaired) electrons. The van der Waals surface area contributed by atoms with Crippen molar-refractivity contribution in [2.24, 2.45) is 0 Å². The average molecular weight is 379 g/mol. The van der Waals surface area contributed by atoms with Gasteiger partial charge in [-0.3, -0.25) is 4.55 Å². The van der Waals surface area contributed by atoms with Crippen LogP contribution in [0.25, 0.3) is 0 Å². The van der Waals surface area contributed by atoms with Crippen LogP contribution in [0.15, 0.2) is 0 Å². The summed E-state index contributed by atoms with van der Waals surface area (Å²) in [6.07, 6.45) is 14.8. The van der Waals surface area contributed by atoms with Gasteiger partial charge in [0.25, 0.3) is 10.1 Å². The van der Waals surface area contributed by atoms with Crippen molar-refractivity contribution in [3.63, 3.8) is 0 Å². The van der Waals surface area contributed by atoms with E-state index < -0.39 is 21.3 Å². The van der Waals surface area contributed by atoms with E-state index in [1.807, 2.05) is 0 Å². The van der Waals surface area contributed by atoms with Crippen molar-refractivity contribution in [1.82, 2.24) is 0 Å². The lowest BCUT2D eigenvalue weighted by Gasteiger charge is -2.13. The van der Waals surface area contributed by atoms with Gasteiger partial charge in [0.2, 0.25) is 0 Å². The smallest absolute Gasteiger partial charge is 0.301 e. The van der Waals surface area contributed by atoms with Crippen LogP contribution in [0.4, 0.5) is 0 Å². The molecule has 0 aromatic carbocycles. The molecule has 2 N–H and O–H groups in total. The third kappa shape index (κ3) is 15.3. The van der Waals surface area contributed by atoms with Crippen LogP contribution in [0.5, 0.6) is 0 Å². The largest absolute Gasteiger partial charge is 0.342 e. The standard InChI is InChI=1S/C18H34O6S/c1-2-3-4-5-6-8-11-14-17(25(21,22)23)15-12-9-7-10-13-16-18(19)24-20/h14-15,17,20H,2-13,16H2,1H3,(H,21,22,23). The molecule has 7 heteroatoms. The zero-order chi connectivity index (χ0) is 19.0. The Balaban J connectivity index is 3.78. The van der Waals surface area contributed by atoms with Crippen LogP contribution in [0.1, 0.15) is 90.4 Å². The molecule has 0 aliphatic carbocycles. The quantitative estimate of drug-likeness (QED) is 0.164. The first-order valence-electron chi connectivity index (χ1n) is 9.39. The van der Waals surface area contributed by atoms with Gasteiger partial charge in [-0.15, -0.1) is 0 Å². The number of carbonyl (C=O) groups is 1. The molecule has 0 aromatic heterocycles. The molecule has 0 rings (SSSR count). The summed E-state index contributed by atoms with van der Waals surface area (Å²) in [4.78, 5) is 14.3. The molecule has 0 aliphatic heterocycles. The minimum Gasteiger partial charge on any atom is -0.301 e. The minimum absolute atomic E-state index is 0.180. The summed E-state index contributed by atoms with van der Waals surface area (Å²) in [6.45, 7) is 2.17. The third-order valence-corrected chi connectivity index (χ3v) is 5.21. The van der Waals surface area contributed by atoms with E-state index in [2.05, 4.69) is 11.8 Å². The Hall–Kier alpha value is -0.660. The molecule has 25 heavy (non-hydrogen) atoms. The fraction of sp³-hybridized carbons (Fsp3) is 0.833. The van der Waals surface area contributed by atoms with Crippen LogP contribution in [0, 0.1) is 12.8 Å². The molecule has 1 unspecified atom stereocenters. The van der Waals surface area contributed by atoms with Crippen molar-refractivity contribution in [1.29, 1.82) is 0 Å². The first-order valence-corrected chi connectivity index (χ1v) is 10.9. The molecule has 6 nitrogen and oxygen atoms in total. The highest BCUT2D eigenvalue weighted by molar-refractivity contribution is 7.86. The summed E-state index contributed by atoms with van der Waals surface area (Å²) < 4.78 is 32.2. The fourth-order valence-electron chi connectivity index (χ4n) is 2.64. The lowest BCUT2D eigenvalue weighted by Crippen LogP contribution is -2.21. The zero-order valence-electron chi connectivity index (χ0n) is 15.4. The highest BCUT2D eigenvalue weighted by atomic mass is 32.2. The van der Waals surface area contributed by atoms with E-state index in [4.69, 9.17) is 5.26 Å². The normalized spacial score (nSPS) is 12.9. The molecule has 0 aromatic rings. The lowest BCUT2D eigenvalue weighted by molar-refractivity contribution is -0.234. The van der Waals surface area contributed by atoms with Crippen molar-refractivity contribution in [3.8, 4) is 0 Å². The van der Waals surface area contributed by atoms with E-state index in [-0.39, 0.29) is 6.42 Å². The first-order chi connectivity index (χ1) is 11.9. The van der Waals surface area contributed by atoms with Crippen molar-refractivity contribution in [2.75, 3.05) is 0 Å². The van der Waals surface area contributed by atoms with Gasteiger partial charge >= 0.3 is 5.97 Å². The van der Waals surface area contributed by atoms with Crippen molar-refractivity contribution in [2.45, 2.75) is 95.6 Å². The van der Waals surface area contributed by atoms with E-state index in [0.29, 0.717) is 19.3 Å². The monoisotopic (exact) mass is 378 g/mol. The minimum atomic E-state index is -4.08. The summed E-state index contributed by atoms with van der Waals surface area (Å²) in [7, 11) is -4.08. The molecule has 0 saturated carbocycles. The predicted molar refractivity (Wildman–Crippen MR) is 98.4 cm³/mol. The summed E-state index contributed by atoms with van der Waals surface area (Å²) in [5.41, 5.74) is 0. The second-order valence-electron chi connectivity index (χ2n) is 6.42. The summed E-state index contributed by atoms with van der Waals surface area (Å²) in [5, 5.41) is 7.22. The number of carbonyl (C=O) groups excluding carboxylic acids is 1. The molecule has 0 aliphatic rings. The second kappa shape index (κ2) is 15.6. The van der Waals surface area contributed by atoms with E-state index in [1.165, 1.54) is 25.7 Å². The number of rotatable bonds is 17. The topological polar surface area (TPSA) is 101 Å². The summed E-state index contributed by atoms with van der Waals surface area (Å²) in [6, 6.07) is 0. The Bertz CT molecular complexity index is 421. The molecule has 0 amide bonds. The van der Waals surface area contributed by atoms with Gasteiger partial charge in [0.05, 0.1) is 5.25 Å². The molecule has 0 saturated heterocycles. The molecule has 148 valence electrons. The van der Waals surface area contributed by atoms with E-state index in [0.717, 1.165) is 32.1 Å². The Morgan fingerprint density at radius 1 is 0.920 bits per heavy atom. The molecule has 1 atom stereocenters. The third-order valence-electron chi connectivity index (χ3n) is 4.14. The average Bonchev–Trinajstić information content (AvgIpc) is 2.56. The summed E-state index contributed by atoms with van der Waals surface area (Å²) >= 11 is 0. The number of hydrogen-bond donors (Lipinski definition) is 2. The van der Waals surface area contributed by atoms with Crippen LogP contribution in [0.3, 0.4) is 0 Å².